The van der Waals surface area contributed by atoms with Crippen LogP contribution in [-0.2, 0) is 14.4 Å². The molecule has 196 valence electrons. The molecule has 10 nitrogen and oxygen atoms in total. The zero-order valence-electron chi connectivity index (χ0n) is 21.4. The minimum Gasteiger partial charge on any atom is -0.491 e. The fourth-order valence-electron chi connectivity index (χ4n) is 4.56. The zero-order chi connectivity index (χ0) is 26.5. The van der Waals surface area contributed by atoms with E-state index in [9.17, 15) is 19.2 Å². The second kappa shape index (κ2) is 11.4. The summed E-state index contributed by atoms with van der Waals surface area (Å²) in [5.41, 5.74) is 1.85. The average Bonchev–Trinajstić information content (AvgIpc) is 3.38. The number of nitrogens with zero attached hydrogens (tertiary/aromatic N) is 3. The van der Waals surface area contributed by atoms with E-state index in [1.54, 1.807) is 26.2 Å². The van der Waals surface area contributed by atoms with E-state index in [4.69, 9.17) is 4.74 Å². The average molecular weight is 508 g/mol. The van der Waals surface area contributed by atoms with Crippen LogP contribution in [0.4, 0.5) is 0 Å². The zero-order valence-corrected chi connectivity index (χ0v) is 21.4. The van der Waals surface area contributed by atoms with Crippen LogP contribution in [-0.4, -0.2) is 83.3 Å². The molecule has 0 unspecified atom stereocenters. The highest BCUT2D eigenvalue weighted by molar-refractivity contribution is 5.98. The number of aromatic nitrogens is 1. The molecule has 2 aromatic rings. The summed E-state index contributed by atoms with van der Waals surface area (Å²) in [7, 11) is 1.62. The molecular weight excluding hydrogens is 474 g/mol. The van der Waals surface area contributed by atoms with E-state index in [1.807, 2.05) is 36.1 Å². The van der Waals surface area contributed by atoms with Crippen LogP contribution in [0.3, 0.4) is 0 Å². The van der Waals surface area contributed by atoms with Gasteiger partial charge in [0, 0.05) is 44.0 Å². The third-order valence-corrected chi connectivity index (χ3v) is 6.99. The van der Waals surface area contributed by atoms with E-state index >= 15 is 0 Å². The Balaban J connectivity index is 1.61. The number of rotatable bonds is 0. The van der Waals surface area contributed by atoms with E-state index in [0.29, 0.717) is 24.5 Å². The number of benzene rings is 1. The van der Waals surface area contributed by atoms with Gasteiger partial charge in [0.2, 0.25) is 17.7 Å². The summed E-state index contributed by atoms with van der Waals surface area (Å²) < 4.78 is 6.09. The number of amides is 4. The molecule has 0 aliphatic carbocycles. The van der Waals surface area contributed by atoms with Gasteiger partial charge >= 0.3 is 0 Å². The Kier molecular flexibility index (Phi) is 8.05. The Labute approximate surface area is 216 Å². The molecule has 2 N–H and O–H groups in total. The fourth-order valence-corrected chi connectivity index (χ4v) is 4.56. The molecule has 4 bridgehead atoms. The maximum atomic E-state index is 13.1. The summed E-state index contributed by atoms with van der Waals surface area (Å²) >= 11 is 0. The maximum Gasteiger partial charge on any atom is 0.253 e. The van der Waals surface area contributed by atoms with Crippen molar-refractivity contribution in [1.29, 1.82) is 0 Å². The number of fused-ring (bicyclic) bond motifs is 6. The standard InChI is InChI=1S/C27H33N5O5/c1-17-10-24(33)32-9-5-7-22(32)16-37-23-8-4-6-19(12-23)20-11-21(14-28-13-20)27(36)30-18(2)26(35)29-15-25(34)31(17)3/h4,6,8,11-14,17-18,22H,5,7,9-10,15-16H2,1-3H3,(H,29,35)(H,30,36)/t17-,18+,22+/m1/s1. The fraction of sp³-hybridized carbons (Fsp3) is 0.444. The van der Waals surface area contributed by atoms with Crippen molar-refractivity contribution in [2.24, 2.45) is 0 Å². The first kappa shape index (κ1) is 26.1. The first-order valence-corrected chi connectivity index (χ1v) is 12.5. The van der Waals surface area contributed by atoms with Gasteiger partial charge in [-0.15, -0.1) is 0 Å². The van der Waals surface area contributed by atoms with Crippen molar-refractivity contribution in [3.8, 4) is 16.9 Å². The van der Waals surface area contributed by atoms with Gasteiger partial charge < -0.3 is 25.2 Å². The summed E-state index contributed by atoms with van der Waals surface area (Å²) in [4.78, 5) is 58.6. The Morgan fingerprint density at radius 2 is 1.78 bits per heavy atom. The molecule has 0 saturated carbocycles. The van der Waals surface area contributed by atoms with Crippen molar-refractivity contribution in [2.45, 2.75) is 51.2 Å². The van der Waals surface area contributed by atoms with E-state index in [1.165, 1.54) is 11.1 Å². The molecule has 2 aliphatic rings. The smallest absolute Gasteiger partial charge is 0.253 e. The minimum absolute atomic E-state index is 0.0267. The molecule has 1 saturated heterocycles. The highest BCUT2D eigenvalue weighted by Crippen LogP contribution is 2.26. The summed E-state index contributed by atoms with van der Waals surface area (Å²) in [5.74, 6) is -0.635. The first-order chi connectivity index (χ1) is 17.7. The molecule has 1 fully saturated rings. The SMILES string of the molecule is C[C@@H]1NC(=O)c2cncc(c2)-c2cccc(c2)OC[C@@H]2CCCN2C(=O)C[C@@H](C)N(C)C(=O)CNC1=O. The Hall–Kier alpha value is -3.95. The predicted octanol–water partition coefficient (Wildman–Crippen LogP) is 1.60. The van der Waals surface area contributed by atoms with Crippen LogP contribution in [0.25, 0.3) is 11.1 Å². The molecule has 1 aromatic heterocycles. The Morgan fingerprint density at radius 1 is 1.00 bits per heavy atom. The quantitative estimate of drug-likeness (QED) is 0.559. The largest absolute Gasteiger partial charge is 0.491 e. The van der Waals surface area contributed by atoms with Gasteiger partial charge in [0.25, 0.3) is 5.91 Å². The Bertz CT molecular complexity index is 1190. The summed E-state index contributed by atoms with van der Waals surface area (Å²) in [6, 6.07) is 7.93. The van der Waals surface area contributed by atoms with Gasteiger partial charge in [-0.1, -0.05) is 12.1 Å². The maximum absolute atomic E-state index is 13.1. The third kappa shape index (κ3) is 6.25. The van der Waals surface area contributed by atoms with E-state index in [2.05, 4.69) is 15.6 Å². The predicted molar refractivity (Wildman–Crippen MR) is 137 cm³/mol. The van der Waals surface area contributed by atoms with Gasteiger partial charge in [-0.05, 0) is 50.5 Å². The van der Waals surface area contributed by atoms with Crippen molar-refractivity contribution in [2.75, 3.05) is 26.7 Å². The minimum atomic E-state index is -0.869. The molecule has 3 atom stereocenters. The van der Waals surface area contributed by atoms with Gasteiger partial charge in [-0.2, -0.15) is 0 Å². The molecular formula is C27H33N5O5. The number of hydrogen-bond donors (Lipinski definition) is 2. The molecule has 1 aromatic carbocycles. The summed E-state index contributed by atoms with van der Waals surface area (Å²) in [5, 5.41) is 5.22. The summed E-state index contributed by atoms with van der Waals surface area (Å²) in [6.45, 7) is 4.14. The highest BCUT2D eigenvalue weighted by atomic mass is 16.5. The third-order valence-electron chi connectivity index (χ3n) is 6.99. The molecule has 4 rings (SSSR count). The van der Waals surface area contributed by atoms with Gasteiger partial charge in [-0.3, -0.25) is 24.2 Å². The van der Waals surface area contributed by atoms with Crippen molar-refractivity contribution in [3.63, 3.8) is 0 Å². The number of nitrogens with one attached hydrogen (secondary N) is 2. The van der Waals surface area contributed by atoms with Crippen molar-refractivity contribution in [3.05, 3.63) is 48.3 Å². The normalized spacial score (nSPS) is 23.9. The Morgan fingerprint density at radius 3 is 2.59 bits per heavy atom. The van der Waals surface area contributed by atoms with Crippen LogP contribution >= 0.6 is 0 Å². The number of carbonyl (C=O) groups is 4. The van der Waals surface area contributed by atoms with Crippen LogP contribution in [0.2, 0.25) is 0 Å². The molecule has 37 heavy (non-hydrogen) atoms. The van der Waals surface area contributed by atoms with Crippen LogP contribution in [0, 0.1) is 0 Å². The number of likely N-dealkylation sites (N-methyl/N-ethyl adjacent to an activating group) is 1. The van der Waals surface area contributed by atoms with E-state index < -0.39 is 17.9 Å². The lowest BCUT2D eigenvalue weighted by Gasteiger charge is -2.29. The number of carbonyl (C=O) groups excluding carboxylic acids is 4. The molecule has 3 heterocycles. The van der Waals surface area contributed by atoms with Crippen LogP contribution < -0.4 is 15.4 Å². The highest BCUT2D eigenvalue weighted by Gasteiger charge is 2.31. The summed E-state index contributed by atoms with van der Waals surface area (Å²) in [6.07, 6.45) is 5.01. The van der Waals surface area contributed by atoms with Gasteiger partial charge in [-0.25, -0.2) is 0 Å². The monoisotopic (exact) mass is 507 g/mol. The van der Waals surface area contributed by atoms with Crippen molar-refractivity contribution in [1.82, 2.24) is 25.4 Å². The van der Waals surface area contributed by atoms with Crippen LogP contribution in [0.15, 0.2) is 42.7 Å². The number of pyridine rings is 1. The van der Waals surface area contributed by atoms with Crippen molar-refractivity contribution < 1.29 is 23.9 Å². The van der Waals surface area contributed by atoms with Gasteiger partial charge in [0.15, 0.2) is 0 Å². The molecule has 0 spiro atoms. The molecule has 10 heteroatoms. The van der Waals surface area contributed by atoms with E-state index in [-0.39, 0.29) is 36.9 Å². The second-order valence-electron chi connectivity index (χ2n) is 9.66. The topological polar surface area (TPSA) is 121 Å². The molecule has 0 radical (unpaired) electrons. The second-order valence-corrected chi connectivity index (χ2v) is 9.66. The van der Waals surface area contributed by atoms with E-state index in [0.717, 1.165) is 24.0 Å². The molecule has 2 aliphatic heterocycles. The van der Waals surface area contributed by atoms with Crippen LogP contribution in [0.5, 0.6) is 5.75 Å². The van der Waals surface area contributed by atoms with Gasteiger partial charge in [0.1, 0.15) is 18.4 Å². The lowest BCUT2D eigenvalue weighted by molar-refractivity contribution is -0.137. The number of hydrogen-bond acceptors (Lipinski definition) is 6. The lowest BCUT2D eigenvalue weighted by atomic mass is 10.1. The molecule has 4 amide bonds. The first-order valence-electron chi connectivity index (χ1n) is 12.5. The lowest BCUT2D eigenvalue weighted by Crippen LogP contribution is -2.49. The van der Waals surface area contributed by atoms with Crippen LogP contribution in [0.1, 0.15) is 43.5 Å². The van der Waals surface area contributed by atoms with Gasteiger partial charge in [0.05, 0.1) is 18.2 Å². The van der Waals surface area contributed by atoms with Crippen molar-refractivity contribution >= 4 is 23.6 Å². The number of ether oxygens (including phenoxy) is 1.